The van der Waals surface area contributed by atoms with Crippen LogP contribution in [0, 0.1) is 13.8 Å². The standard InChI is InChI=1S/C22H20N4O3/c1-14-8-9-16(12-15(14)2)24-22(28)20-25-19(18-7-3-4-10-26(18)20)21(27)23-13-17-6-5-11-29-17/h3-12H,13H2,1-2H3,(H,23,27)(H,24,28). The normalized spacial score (nSPS) is 10.8. The second kappa shape index (κ2) is 7.63. The third-order valence-corrected chi connectivity index (χ3v) is 4.73. The molecule has 0 aliphatic carbocycles. The summed E-state index contributed by atoms with van der Waals surface area (Å²) in [4.78, 5) is 29.9. The molecule has 7 heteroatoms. The molecule has 0 fully saturated rings. The van der Waals surface area contributed by atoms with E-state index in [1.165, 1.54) is 0 Å². The summed E-state index contributed by atoms with van der Waals surface area (Å²) in [6, 6.07) is 14.5. The predicted molar refractivity (Wildman–Crippen MR) is 109 cm³/mol. The van der Waals surface area contributed by atoms with Crippen LogP contribution < -0.4 is 10.6 Å². The average Bonchev–Trinajstić information content (AvgIpc) is 3.37. The highest BCUT2D eigenvalue weighted by Crippen LogP contribution is 2.18. The topological polar surface area (TPSA) is 88.6 Å². The zero-order valence-corrected chi connectivity index (χ0v) is 16.1. The molecule has 2 N–H and O–H groups in total. The highest BCUT2D eigenvalue weighted by Gasteiger charge is 2.21. The molecular formula is C22H20N4O3. The van der Waals surface area contributed by atoms with Gasteiger partial charge in [-0.15, -0.1) is 0 Å². The predicted octanol–water partition coefficient (Wildman–Crippen LogP) is 3.73. The number of anilines is 1. The summed E-state index contributed by atoms with van der Waals surface area (Å²) < 4.78 is 6.84. The lowest BCUT2D eigenvalue weighted by molar-refractivity contribution is 0.0945. The number of benzene rings is 1. The number of hydrogen-bond donors (Lipinski definition) is 2. The zero-order valence-electron chi connectivity index (χ0n) is 16.1. The van der Waals surface area contributed by atoms with Crippen LogP contribution in [0.15, 0.2) is 65.4 Å². The summed E-state index contributed by atoms with van der Waals surface area (Å²) in [5.74, 6) is 0.00594. The average molecular weight is 388 g/mol. The van der Waals surface area contributed by atoms with Crippen molar-refractivity contribution in [1.82, 2.24) is 14.7 Å². The Morgan fingerprint density at radius 3 is 2.66 bits per heavy atom. The van der Waals surface area contributed by atoms with E-state index in [0.717, 1.165) is 11.1 Å². The van der Waals surface area contributed by atoms with Crippen molar-refractivity contribution < 1.29 is 14.0 Å². The molecule has 146 valence electrons. The summed E-state index contributed by atoms with van der Waals surface area (Å²) in [6.45, 7) is 4.23. The number of fused-ring (bicyclic) bond motifs is 1. The van der Waals surface area contributed by atoms with Crippen LogP contribution in [0.25, 0.3) is 5.52 Å². The Morgan fingerprint density at radius 2 is 1.90 bits per heavy atom. The molecule has 0 saturated heterocycles. The summed E-state index contributed by atoms with van der Waals surface area (Å²) >= 11 is 0. The number of aryl methyl sites for hydroxylation is 2. The SMILES string of the molecule is Cc1ccc(NC(=O)c2nc(C(=O)NCc3ccco3)c3ccccn23)cc1C. The third kappa shape index (κ3) is 3.75. The number of nitrogens with one attached hydrogen (secondary N) is 2. The molecule has 0 spiro atoms. The van der Waals surface area contributed by atoms with Gasteiger partial charge in [0.2, 0.25) is 5.82 Å². The van der Waals surface area contributed by atoms with E-state index in [2.05, 4.69) is 15.6 Å². The quantitative estimate of drug-likeness (QED) is 0.545. The first-order valence-electron chi connectivity index (χ1n) is 9.19. The minimum absolute atomic E-state index is 0.141. The smallest absolute Gasteiger partial charge is 0.292 e. The number of imidazole rings is 1. The van der Waals surface area contributed by atoms with Gasteiger partial charge in [0.15, 0.2) is 5.69 Å². The maximum atomic E-state index is 12.9. The fraction of sp³-hybridized carbons (Fsp3) is 0.136. The van der Waals surface area contributed by atoms with Crippen molar-refractivity contribution in [3.05, 3.63) is 89.4 Å². The minimum Gasteiger partial charge on any atom is -0.467 e. The van der Waals surface area contributed by atoms with Crippen LogP contribution in [0.2, 0.25) is 0 Å². The Hall–Kier alpha value is -3.87. The Kier molecular flexibility index (Phi) is 4.87. The van der Waals surface area contributed by atoms with E-state index in [1.807, 2.05) is 32.0 Å². The van der Waals surface area contributed by atoms with Crippen molar-refractivity contribution in [3.8, 4) is 0 Å². The second-order valence-corrected chi connectivity index (χ2v) is 6.76. The number of aromatic nitrogens is 2. The van der Waals surface area contributed by atoms with E-state index in [1.54, 1.807) is 47.2 Å². The van der Waals surface area contributed by atoms with Crippen LogP contribution in [0.4, 0.5) is 5.69 Å². The summed E-state index contributed by atoms with van der Waals surface area (Å²) in [5, 5.41) is 5.62. The van der Waals surface area contributed by atoms with Gasteiger partial charge in [0.25, 0.3) is 11.8 Å². The first-order chi connectivity index (χ1) is 14.0. The maximum absolute atomic E-state index is 12.9. The van der Waals surface area contributed by atoms with Crippen LogP contribution in [0.1, 0.15) is 38.0 Å². The molecule has 4 rings (SSSR count). The van der Waals surface area contributed by atoms with Crippen molar-refractivity contribution in [1.29, 1.82) is 0 Å². The lowest BCUT2D eigenvalue weighted by Gasteiger charge is -2.07. The van der Waals surface area contributed by atoms with Gasteiger partial charge in [0.05, 0.1) is 18.3 Å². The summed E-state index contributed by atoms with van der Waals surface area (Å²) in [6.07, 6.45) is 3.25. The van der Waals surface area contributed by atoms with E-state index in [9.17, 15) is 9.59 Å². The molecule has 0 aliphatic heterocycles. The summed E-state index contributed by atoms with van der Waals surface area (Å²) in [5.41, 5.74) is 3.63. The van der Waals surface area contributed by atoms with E-state index < -0.39 is 0 Å². The van der Waals surface area contributed by atoms with E-state index in [4.69, 9.17) is 4.42 Å². The number of carbonyl (C=O) groups is 2. The number of pyridine rings is 1. The molecule has 0 atom stereocenters. The van der Waals surface area contributed by atoms with Gasteiger partial charge >= 0.3 is 0 Å². The molecule has 0 radical (unpaired) electrons. The molecule has 4 aromatic rings. The zero-order chi connectivity index (χ0) is 20.4. The molecule has 0 bridgehead atoms. The fourth-order valence-electron chi connectivity index (χ4n) is 3.04. The maximum Gasteiger partial charge on any atom is 0.292 e. The van der Waals surface area contributed by atoms with Gasteiger partial charge in [-0.1, -0.05) is 12.1 Å². The van der Waals surface area contributed by atoms with Crippen LogP contribution in [-0.2, 0) is 6.54 Å². The number of amides is 2. The van der Waals surface area contributed by atoms with Crippen molar-refractivity contribution >= 4 is 23.0 Å². The molecule has 0 saturated carbocycles. The Bertz CT molecular complexity index is 1190. The Morgan fingerprint density at radius 1 is 1.03 bits per heavy atom. The monoisotopic (exact) mass is 388 g/mol. The first-order valence-corrected chi connectivity index (χ1v) is 9.19. The van der Waals surface area contributed by atoms with Crippen LogP contribution in [0.5, 0.6) is 0 Å². The van der Waals surface area contributed by atoms with Gasteiger partial charge in [-0.25, -0.2) is 4.98 Å². The number of furan rings is 1. The van der Waals surface area contributed by atoms with E-state index >= 15 is 0 Å². The van der Waals surface area contributed by atoms with Gasteiger partial charge in [-0.2, -0.15) is 0 Å². The number of rotatable bonds is 5. The number of hydrogen-bond acceptors (Lipinski definition) is 4. The number of carbonyl (C=O) groups excluding carboxylic acids is 2. The Balaban J connectivity index is 1.61. The molecule has 7 nitrogen and oxygen atoms in total. The van der Waals surface area contributed by atoms with Crippen molar-refractivity contribution in [2.75, 3.05) is 5.32 Å². The van der Waals surface area contributed by atoms with Crippen LogP contribution in [-0.4, -0.2) is 21.2 Å². The molecule has 3 aromatic heterocycles. The van der Waals surface area contributed by atoms with Gasteiger partial charge in [0, 0.05) is 11.9 Å². The molecule has 0 aliphatic rings. The van der Waals surface area contributed by atoms with Crippen LogP contribution in [0.3, 0.4) is 0 Å². The van der Waals surface area contributed by atoms with Crippen molar-refractivity contribution in [3.63, 3.8) is 0 Å². The second-order valence-electron chi connectivity index (χ2n) is 6.76. The third-order valence-electron chi connectivity index (χ3n) is 4.73. The van der Waals surface area contributed by atoms with Gasteiger partial charge in [0.1, 0.15) is 5.76 Å². The minimum atomic E-state index is -0.389. The highest BCUT2D eigenvalue weighted by atomic mass is 16.3. The fourth-order valence-corrected chi connectivity index (χ4v) is 3.04. The molecule has 1 aromatic carbocycles. The molecule has 0 unspecified atom stereocenters. The molecule has 2 amide bonds. The molecule has 29 heavy (non-hydrogen) atoms. The van der Waals surface area contributed by atoms with E-state index in [0.29, 0.717) is 17.0 Å². The summed E-state index contributed by atoms with van der Waals surface area (Å²) in [7, 11) is 0. The van der Waals surface area contributed by atoms with Gasteiger partial charge in [-0.05, 0) is 61.4 Å². The highest BCUT2D eigenvalue weighted by molar-refractivity contribution is 6.06. The number of nitrogens with zero attached hydrogens (tertiary/aromatic N) is 2. The Labute approximate surface area is 167 Å². The van der Waals surface area contributed by atoms with Crippen molar-refractivity contribution in [2.24, 2.45) is 0 Å². The molecule has 3 heterocycles. The van der Waals surface area contributed by atoms with E-state index in [-0.39, 0.29) is 29.9 Å². The van der Waals surface area contributed by atoms with Crippen molar-refractivity contribution in [2.45, 2.75) is 20.4 Å². The first kappa shape index (κ1) is 18.5. The van der Waals surface area contributed by atoms with Gasteiger partial charge in [-0.3, -0.25) is 14.0 Å². The molecular weight excluding hydrogens is 368 g/mol. The lowest BCUT2D eigenvalue weighted by atomic mass is 10.1. The van der Waals surface area contributed by atoms with Gasteiger partial charge < -0.3 is 15.1 Å². The largest absolute Gasteiger partial charge is 0.467 e. The lowest BCUT2D eigenvalue weighted by Crippen LogP contribution is -2.23. The van der Waals surface area contributed by atoms with Crippen LogP contribution >= 0.6 is 0 Å².